The lowest BCUT2D eigenvalue weighted by atomic mass is 9.48. The van der Waals surface area contributed by atoms with Gasteiger partial charge in [-0.2, -0.15) is 0 Å². The Balaban J connectivity index is 1.38. The molecule has 5 aliphatic rings. The molecule has 5 fully saturated rings. The number of ether oxygens (including phenoxy) is 3. The van der Waals surface area contributed by atoms with Gasteiger partial charge in [0.2, 0.25) is 0 Å². The molecule has 0 unspecified atom stereocenters. The highest BCUT2D eigenvalue weighted by molar-refractivity contribution is 5.74. The predicted octanol–water partition coefficient (Wildman–Crippen LogP) is 5.19. The average molecular weight is 521 g/mol. The number of carbonyl (C=O) groups is 1. The first-order valence-corrected chi connectivity index (χ1v) is 15.1. The lowest BCUT2D eigenvalue weighted by Gasteiger charge is -2.56. The zero-order chi connectivity index (χ0) is 27.1. The monoisotopic (exact) mass is 520 g/mol. The van der Waals surface area contributed by atoms with E-state index < -0.39 is 18.0 Å². The van der Waals surface area contributed by atoms with Gasteiger partial charge >= 0.3 is 5.97 Å². The molecular formula is C31H52O6. The van der Waals surface area contributed by atoms with E-state index in [2.05, 4.69) is 34.6 Å². The Morgan fingerprint density at radius 3 is 2.19 bits per heavy atom. The Morgan fingerprint density at radius 2 is 1.51 bits per heavy atom. The van der Waals surface area contributed by atoms with E-state index in [1.165, 1.54) is 0 Å². The number of fused-ring (bicyclic) bond motifs is 6. The summed E-state index contributed by atoms with van der Waals surface area (Å²) in [6, 6.07) is 0. The van der Waals surface area contributed by atoms with Crippen molar-refractivity contribution in [2.75, 3.05) is 6.61 Å². The van der Waals surface area contributed by atoms with Gasteiger partial charge in [0, 0.05) is 0 Å². The Labute approximate surface area is 224 Å². The van der Waals surface area contributed by atoms with E-state index >= 15 is 0 Å². The molecule has 3 saturated carbocycles. The number of hydrogen-bond acceptors (Lipinski definition) is 6. The minimum Gasteiger partial charge on any atom is -0.465 e. The van der Waals surface area contributed by atoms with Gasteiger partial charge in [-0.3, -0.25) is 4.79 Å². The maximum absolute atomic E-state index is 13.4. The fourth-order valence-corrected chi connectivity index (χ4v) is 9.91. The van der Waals surface area contributed by atoms with Crippen LogP contribution in [0.5, 0.6) is 0 Å². The van der Waals surface area contributed by atoms with Gasteiger partial charge in [-0.15, -0.1) is 0 Å². The number of aliphatic hydroxyl groups is 2. The summed E-state index contributed by atoms with van der Waals surface area (Å²) in [7, 11) is 0. The second-order valence-corrected chi connectivity index (χ2v) is 14.9. The highest BCUT2D eigenvalue weighted by Gasteiger charge is 2.64. The molecule has 13 atom stereocenters. The molecule has 212 valence electrons. The van der Waals surface area contributed by atoms with Gasteiger partial charge in [-0.1, -0.05) is 41.5 Å². The van der Waals surface area contributed by atoms with Crippen LogP contribution in [0.25, 0.3) is 0 Å². The predicted molar refractivity (Wildman–Crippen MR) is 141 cm³/mol. The number of hydrogen-bond donors (Lipinski definition) is 2. The van der Waals surface area contributed by atoms with Crippen molar-refractivity contribution in [1.82, 2.24) is 0 Å². The molecule has 2 aliphatic heterocycles. The van der Waals surface area contributed by atoms with Gasteiger partial charge in [0.1, 0.15) is 0 Å². The molecule has 0 spiro atoms. The number of aliphatic hydroxyl groups excluding tert-OH is 2. The van der Waals surface area contributed by atoms with E-state index in [-0.39, 0.29) is 46.8 Å². The molecule has 2 saturated heterocycles. The van der Waals surface area contributed by atoms with E-state index in [1.807, 2.05) is 20.8 Å². The number of esters is 1. The van der Waals surface area contributed by atoms with Crippen molar-refractivity contribution < 1.29 is 29.2 Å². The summed E-state index contributed by atoms with van der Waals surface area (Å²) in [5.41, 5.74) is -0.0756. The third kappa shape index (κ3) is 4.40. The number of cyclic esters (lactones) is 1. The largest absolute Gasteiger partial charge is 0.465 e. The van der Waals surface area contributed by atoms with Crippen molar-refractivity contribution in [1.29, 1.82) is 0 Å². The van der Waals surface area contributed by atoms with E-state index in [0.717, 1.165) is 32.1 Å². The van der Waals surface area contributed by atoms with Gasteiger partial charge in [-0.25, -0.2) is 0 Å². The van der Waals surface area contributed by atoms with Crippen LogP contribution < -0.4 is 0 Å². The smallest absolute Gasteiger partial charge is 0.309 e. The minimum absolute atomic E-state index is 0.0288. The third-order valence-electron chi connectivity index (χ3n) is 12.4. The summed E-state index contributed by atoms with van der Waals surface area (Å²) in [5.74, 6) is 1.18. The van der Waals surface area contributed by atoms with Crippen LogP contribution in [-0.2, 0) is 19.0 Å². The first-order chi connectivity index (χ1) is 17.2. The molecule has 2 heterocycles. The van der Waals surface area contributed by atoms with Gasteiger partial charge in [0.05, 0.1) is 36.9 Å². The zero-order valence-electron chi connectivity index (χ0n) is 24.4. The van der Waals surface area contributed by atoms with Gasteiger partial charge in [0.15, 0.2) is 5.79 Å². The highest BCUT2D eigenvalue weighted by Crippen LogP contribution is 2.66. The van der Waals surface area contributed by atoms with Crippen molar-refractivity contribution in [3.8, 4) is 0 Å². The maximum atomic E-state index is 13.4. The van der Waals surface area contributed by atoms with Crippen LogP contribution >= 0.6 is 0 Å². The molecule has 0 aromatic rings. The normalized spacial score (nSPS) is 48.1. The number of rotatable bonds is 5. The minimum atomic E-state index is -0.720. The van der Waals surface area contributed by atoms with Gasteiger partial charge < -0.3 is 24.4 Å². The number of carbonyl (C=O) groups excluding carboxylic acids is 1. The molecule has 0 aromatic heterocycles. The Kier molecular flexibility index (Phi) is 7.12. The third-order valence-corrected chi connectivity index (χ3v) is 12.4. The quantitative estimate of drug-likeness (QED) is 0.486. The van der Waals surface area contributed by atoms with Gasteiger partial charge in [-0.05, 0) is 105 Å². The summed E-state index contributed by atoms with van der Waals surface area (Å²) < 4.78 is 18.6. The molecule has 2 N–H and O–H groups in total. The summed E-state index contributed by atoms with van der Waals surface area (Å²) >= 11 is 0. The molecular weight excluding hydrogens is 468 g/mol. The molecule has 3 aliphatic carbocycles. The lowest BCUT2D eigenvalue weighted by molar-refractivity contribution is -0.157. The Morgan fingerprint density at radius 1 is 0.865 bits per heavy atom. The van der Waals surface area contributed by atoms with E-state index in [9.17, 15) is 15.0 Å². The zero-order valence-corrected chi connectivity index (χ0v) is 24.4. The molecule has 0 radical (unpaired) electrons. The molecule has 0 aromatic carbocycles. The summed E-state index contributed by atoms with van der Waals surface area (Å²) in [5, 5.41) is 22.2. The van der Waals surface area contributed by atoms with E-state index in [0.29, 0.717) is 42.6 Å². The molecule has 6 heteroatoms. The maximum Gasteiger partial charge on any atom is 0.309 e. The van der Waals surface area contributed by atoms with Crippen LogP contribution in [0.15, 0.2) is 0 Å². The molecule has 6 nitrogen and oxygen atoms in total. The Bertz CT molecular complexity index is 872. The topological polar surface area (TPSA) is 85.2 Å². The lowest BCUT2D eigenvalue weighted by Crippen LogP contribution is -2.54. The van der Waals surface area contributed by atoms with Crippen molar-refractivity contribution in [3.05, 3.63) is 0 Å². The van der Waals surface area contributed by atoms with Crippen molar-refractivity contribution in [2.45, 2.75) is 124 Å². The second-order valence-electron chi connectivity index (χ2n) is 14.9. The first-order valence-electron chi connectivity index (χ1n) is 15.1. The van der Waals surface area contributed by atoms with Crippen LogP contribution in [0.1, 0.15) is 93.9 Å². The van der Waals surface area contributed by atoms with Crippen LogP contribution in [-0.4, -0.2) is 53.0 Å². The van der Waals surface area contributed by atoms with E-state index in [4.69, 9.17) is 14.2 Å². The molecule has 0 amide bonds. The van der Waals surface area contributed by atoms with Crippen LogP contribution in [0.3, 0.4) is 0 Å². The standard InChI is InChI=1S/C31H52O6/c1-16(2)17(3)26(32)27(33)18(4)20-9-10-21-19-15-35-28(34)23-13-24-25(37-29(5,6)36-24)14-31(23,8)22(19)11-12-30(20,21)7/h16-27,32-33H,9-15H2,1-8H3/t17-,18-,19-,20+,21-,22-,23+,24-,25+,26+,27+,30+,31+/m0/s1. The SMILES string of the molecule is CC(C)[C@H](C)[C@@H](O)[C@H](O)[C@@H](C)[C@H]1CC[C@H]2[C@@H]3COC(=O)[C@H]4C[C@@H]5OC(C)(C)O[C@@H]5C[C@]4(C)[C@H]3CC[C@]12C. The molecule has 0 bridgehead atoms. The van der Waals surface area contributed by atoms with Crippen LogP contribution in [0.2, 0.25) is 0 Å². The fourth-order valence-electron chi connectivity index (χ4n) is 9.91. The van der Waals surface area contributed by atoms with Crippen molar-refractivity contribution in [3.63, 3.8) is 0 Å². The molecule has 5 rings (SSSR count). The van der Waals surface area contributed by atoms with Crippen molar-refractivity contribution >= 4 is 5.97 Å². The van der Waals surface area contributed by atoms with Crippen LogP contribution in [0, 0.1) is 58.2 Å². The summed E-state index contributed by atoms with van der Waals surface area (Å²) in [4.78, 5) is 13.4. The second kappa shape index (κ2) is 9.45. The summed E-state index contributed by atoms with van der Waals surface area (Å²) in [6.07, 6.45) is 4.45. The van der Waals surface area contributed by atoms with Gasteiger partial charge in [0.25, 0.3) is 0 Å². The van der Waals surface area contributed by atoms with Crippen molar-refractivity contribution in [2.24, 2.45) is 58.2 Å². The first kappa shape index (κ1) is 27.9. The molecule has 37 heavy (non-hydrogen) atoms. The fraction of sp³-hybridized carbons (Fsp3) is 0.968. The summed E-state index contributed by atoms with van der Waals surface area (Å²) in [6.45, 7) is 17.6. The average Bonchev–Trinajstić information content (AvgIpc) is 3.30. The Hall–Kier alpha value is -0.690. The van der Waals surface area contributed by atoms with E-state index in [1.54, 1.807) is 0 Å². The van der Waals surface area contributed by atoms with Crippen LogP contribution in [0.4, 0.5) is 0 Å². The highest BCUT2D eigenvalue weighted by atomic mass is 16.8.